The Hall–Kier alpha value is -2.66. The lowest BCUT2D eigenvalue weighted by molar-refractivity contribution is -0.143. The van der Waals surface area contributed by atoms with E-state index in [1.807, 2.05) is 0 Å². The molecule has 4 rings (SSSR count). The molecule has 2 heterocycles. The third kappa shape index (κ3) is 5.36. The van der Waals surface area contributed by atoms with Crippen LogP contribution in [0.15, 0.2) is 42.5 Å². The maximum atomic E-state index is 13.6. The molecule has 1 amide bonds. The summed E-state index contributed by atoms with van der Waals surface area (Å²) in [7, 11) is 0. The summed E-state index contributed by atoms with van der Waals surface area (Å²) in [6.45, 7) is 1.21. The van der Waals surface area contributed by atoms with Crippen molar-refractivity contribution in [3.63, 3.8) is 0 Å². The number of carbonyl (C=O) groups is 1. The monoisotopic (exact) mass is 519 g/mol. The summed E-state index contributed by atoms with van der Waals surface area (Å²) in [6, 6.07) is 6.39. The quantitative estimate of drug-likeness (QED) is 0.516. The SMILES string of the molecule is C[C@@H](O[C@H]1CN2C(=O)CC(CO)C[C@H]2[C@@H]1c1ccc(F)cc1)c1cc(C(F)(F)F)cc(C(F)(F)F)c1. The molecule has 4 nitrogen and oxygen atoms in total. The second kappa shape index (κ2) is 9.66. The molecule has 2 aromatic rings. The van der Waals surface area contributed by atoms with Crippen LogP contribution in [0.2, 0.25) is 0 Å². The van der Waals surface area contributed by atoms with Gasteiger partial charge in [0.25, 0.3) is 0 Å². The van der Waals surface area contributed by atoms with Crippen LogP contribution in [0.25, 0.3) is 0 Å². The first-order valence-corrected chi connectivity index (χ1v) is 11.4. The number of benzene rings is 2. The molecule has 196 valence electrons. The van der Waals surface area contributed by atoms with Crippen LogP contribution in [-0.2, 0) is 21.9 Å². The van der Waals surface area contributed by atoms with Gasteiger partial charge in [0.1, 0.15) is 5.82 Å². The number of nitrogens with zero attached hydrogens (tertiary/aromatic N) is 1. The Balaban J connectivity index is 1.68. The van der Waals surface area contributed by atoms with Crippen molar-refractivity contribution in [1.82, 2.24) is 4.90 Å². The molecule has 0 aromatic heterocycles. The van der Waals surface area contributed by atoms with E-state index in [4.69, 9.17) is 4.74 Å². The average Bonchev–Trinajstić information content (AvgIpc) is 3.16. The van der Waals surface area contributed by atoms with E-state index in [1.165, 1.54) is 31.2 Å². The molecule has 5 atom stereocenters. The van der Waals surface area contributed by atoms with E-state index in [9.17, 15) is 40.6 Å². The number of halogens is 7. The lowest BCUT2D eigenvalue weighted by Gasteiger charge is -2.36. The van der Waals surface area contributed by atoms with Crippen LogP contribution < -0.4 is 0 Å². The van der Waals surface area contributed by atoms with Gasteiger partial charge in [-0.1, -0.05) is 12.1 Å². The van der Waals surface area contributed by atoms with E-state index in [0.717, 1.165) is 0 Å². The highest BCUT2D eigenvalue weighted by Crippen LogP contribution is 2.44. The van der Waals surface area contributed by atoms with Crippen LogP contribution in [0.4, 0.5) is 30.7 Å². The van der Waals surface area contributed by atoms with Gasteiger partial charge >= 0.3 is 12.4 Å². The zero-order valence-corrected chi connectivity index (χ0v) is 19.1. The molecule has 2 fully saturated rings. The molecule has 2 aliphatic rings. The minimum absolute atomic E-state index is 0.0566. The van der Waals surface area contributed by atoms with Crippen molar-refractivity contribution in [2.45, 2.75) is 56.3 Å². The van der Waals surface area contributed by atoms with Crippen molar-refractivity contribution in [3.05, 3.63) is 70.5 Å². The normalized spacial score (nSPS) is 25.7. The Morgan fingerprint density at radius 3 is 2.14 bits per heavy atom. The third-order valence-corrected chi connectivity index (χ3v) is 6.92. The molecule has 0 spiro atoms. The topological polar surface area (TPSA) is 49.8 Å². The molecular formula is C25H24F7NO3. The van der Waals surface area contributed by atoms with Gasteiger partial charge in [-0.3, -0.25) is 4.79 Å². The van der Waals surface area contributed by atoms with Gasteiger partial charge in [0.15, 0.2) is 0 Å². The number of aliphatic hydroxyl groups is 1. The summed E-state index contributed by atoms with van der Waals surface area (Å²) >= 11 is 0. The van der Waals surface area contributed by atoms with Crippen LogP contribution in [0.1, 0.15) is 54.0 Å². The highest BCUT2D eigenvalue weighted by atomic mass is 19.4. The maximum Gasteiger partial charge on any atom is 0.416 e. The van der Waals surface area contributed by atoms with Crippen LogP contribution >= 0.6 is 0 Å². The molecule has 0 radical (unpaired) electrons. The molecule has 36 heavy (non-hydrogen) atoms. The summed E-state index contributed by atoms with van der Waals surface area (Å²) in [5, 5.41) is 9.63. The number of hydrogen-bond acceptors (Lipinski definition) is 3. The summed E-state index contributed by atoms with van der Waals surface area (Å²) in [6.07, 6.45) is -11.4. The Labute approximate surface area is 202 Å². The van der Waals surface area contributed by atoms with Gasteiger partial charge in [-0.2, -0.15) is 26.3 Å². The van der Waals surface area contributed by atoms with Crippen LogP contribution in [0, 0.1) is 11.7 Å². The zero-order chi connectivity index (χ0) is 26.4. The molecule has 0 bridgehead atoms. The predicted octanol–water partition coefficient (Wildman–Crippen LogP) is 5.71. The fraction of sp³-hybridized carbons (Fsp3) is 0.480. The third-order valence-electron chi connectivity index (χ3n) is 6.92. The molecule has 2 aromatic carbocycles. The van der Waals surface area contributed by atoms with E-state index in [1.54, 1.807) is 4.90 Å². The highest BCUT2D eigenvalue weighted by Gasteiger charge is 2.49. The largest absolute Gasteiger partial charge is 0.416 e. The lowest BCUT2D eigenvalue weighted by atomic mass is 9.82. The zero-order valence-electron chi connectivity index (χ0n) is 19.1. The number of fused-ring (bicyclic) bond motifs is 1. The molecule has 0 saturated carbocycles. The molecule has 2 aliphatic heterocycles. The maximum absolute atomic E-state index is 13.6. The second-order valence-corrected chi connectivity index (χ2v) is 9.34. The molecular weight excluding hydrogens is 495 g/mol. The van der Waals surface area contributed by atoms with E-state index in [-0.39, 0.29) is 43.0 Å². The molecule has 11 heteroatoms. The van der Waals surface area contributed by atoms with Crippen molar-refractivity contribution >= 4 is 5.91 Å². The number of amides is 1. The van der Waals surface area contributed by atoms with Gasteiger partial charge in [-0.25, -0.2) is 4.39 Å². The highest BCUT2D eigenvalue weighted by molar-refractivity contribution is 5.78. The fourth-order valence-electron chi connectivity index (χ4n) is 5.18. The summed E-state index contributed by atoms with van der Waals surface area (Å²) in [5.74, 6) is -1.53. The van der Waals surface area contributed by atoms with Gasteiger partial charge in [0.2, 0.25) is 5.91 Å². The van der Waals surface area contributed by atoms with Crippen molar-refractivity contribution in [2.75, 3.05) is 13.2 Å². The number of carbonyl (C=O) groups excluding carboxylic acids is 1. The van der Waals surface area contributed by atoms with Crippen LogP contribution in [-0.4, -0.2) is 41.2 Å². The van der Waals surface area contributed by atoms with Crippen LogP contribution in [0.5, 0.6) is 0 Å². The van der Waals surface area contributed by atoms with Gasteiger partial charge in [-0.05, 0) is 60.7 Å². The second-order valence-electron chi connectivity index (χ2n) is 9.34. The number of alkyl halides is 6. The Bertz CT molecular complexity index is 1070. The van der Waals surface area contributed by atoms with Crippen molar-refractivity contribution in [2.24, 2.45) is 5.92 Å². The molecule has 1 unspecified atom stereocenters. The first-order valence-electron chi connectivity index (χ1n) is 11.4. The van der Waals surface area contributed by atoms with E-state index in [0.29, 0.717) is 24.1 Å². The van der Waals surface area contributed by atoms with Gasteiger partial charge in [0.05, 0.1) is 23.3 Å². The fourth-order valence-corrected chi connectivity index (χ4v) is 5.18. The molecule has 1 N–H and O–H groups in total. The number of rotatable bonds is 5. The minimum atomic E-state index is -4.99. The summed E-state index contributed by atoms with van der Waals surface area (Å²) in [4.78, 5) is 14.3. The van der Waals surface area contributed by atoms with Crippen LogP contribution in [0.3, 0.4) is 0 Å². The van der Waals surface area contributed by atoms with Crippen molar-refractivity contribution in [3.8, 4) is 0 Å². The molecule has 2 saturated heterocycles. The summed E-state index contributed by atoms with van der Waals surface area (Å²) < 4.78 is 99.6. The Kier molecular flexibility index (Phi) is 7.09. The van der Waals surface area contributed by atoms with Crippen molar-refractivity contribution < 1.29 is 45.4 Å². The average molecular weight is 519 g/mol. The number of ether oxygens (including phenoxy) is 1. The standard InChI is InChI=1S/C25H24F7NO3/c1-13(16-8-17(24(27,28)29)10-18(9-16)25(30,31)32)36-21-11-33-20(6-14(12-34)7-22(33)35)23(21)15-2-4-19(26)5-3-15/h2-5,8-10,13-14,20-21,23,34H,6-7,11-12H2,1H3/t13-,14?,20+,21+,23+/m1/s1. The lowest BCUT2D eigenvalue weighted by Crippen LogP contribution is -2.44. The van der Waals surface area contributed by atoms with E-state index in [2.05, 4.69) is 0 Å². The number of aliphatic hydroxyl groups excluding tert-OH is 1. The van der Waals surface area contributed by atoms with E-state index < -0.39 is 53.5 Å². The first kappa shape index (κ1) is 26.4. The number of hydrogen-bond donors (Lipinski definition) is 1. The van der Waals surface area contributed by atoms with Gasteiger partial charge in [-0.15, -0.1) is 0 Å². The smallest absolute Gasteiger partial charge is 0.396 e. The Morgan fingerprint density at radius 2 is 1.61 bits per heavy atom. The summed E-state index contributed by atoms with van der Waals surface area (Å²) in [5.41, 5.74) is -2.57. The molecule has 0 aliphatic carbocycles. The first-order chi connectivity index (χ1) is 16.8. The number of piperidine rings is 1. The van der Waals surface area contributed by atoms with Gasteiger partial charge in [0, 0.05) is 31.5 Å². The van der Waals surface area contributed by atoms with Gasteiger partial charge < -0.3 is 14.7 Å². The van der Waals surface area contributed by atoms with E-state index >= 15 is 0 Å². The minimum Gasteiger partial charge on any atom is -0.396 e. The van der Waals surface area contributed by atoms with Crippen molar-refractivity contribution in [1.29, 1.82) is 0 Å². The Morgan fingerprint density at radius 1 is 1.03 bits per heavy atom. The predicted molar refractivity (Wildman–Crippen MR) is 114 cm³/mol.